The van der Waals surface area contributed by atoms with Gasteiger partial charge in [0.2, 0.25) is 0 Å². The summed E-state index contributed by atoms with van der Waals surface area (Å²) in [6.07, 6.45) is 3.82. The van der Waals surface area contributed by atoms with Crippen LogP contribution in [0.4, 0.5) is 5.82 Å². The molecule has 0 fully saturated rings. The van der Waals surface area contributed by atoms with Crippen LogP contribution in [0.15, 0.2) is 12.4 Å². The fourth-order valence-electron chi connectivity index (χ4n) is 1.48. The topological polar surface area (TPSA) is 85.4 Å². The molecular formula is C13H22N4O3. The minimum Gasteiger partial charge on any atom is -0.382 e. The van der Waals surface area contributed by atoms with Crippen molar-refractivity contribution >= 4 is 11.7 Å². The fraction of sp³-hybridized carbons (Fsp3) is 0.615. The van der Waals surface area contributed by atoms with Crippen molar-refractivity contribution in [1.29, 1.82) is 0 Å². The molecule has 0 saturated heterocycles. The average Bonchev–Trinajstić information content (AvgIpc) is 2.49. The molecule has 0 radical (unpaired) electrons. The Morgan fingerprint density at radius 2 is 2.15 bits per heavy atom. The quantitative estimate of drug-likeness (QED) is 0.693. The Labute approximate surface area is 119 Å². The average molecular weight is 282 g/mol. The number of carbonyl (C=O) groups excluding carboxylic acids is 1. The maximum atomic E-state index is 11.9. The van der Waals surface area contributed by atoms with Crippen LogP contribution < -0.4 is 10.6 Å². The molecule has 1 rings (SSSR count). The van der Waals surface area contributed by atoms with Gasteiger partial charge in [0, 0.05) is 27.3 Å². The Morgan fingerprint density at radius 1 is 1.35 bits per heavy atom. The van der Waals surface area contributed by atoms with Gasteiger partial charge in [-0.25, -0.2) is 9.97 Å². The molecular weight excluding hydrogens is 260 g/mol. The monoisotopic (exact) mass is 282 g/mol. The van der Waals surface area contributed by atoms with E-state index in [1.807, 2.05) is 0 Å². The van der Waals surface area contributed by atoms with Crippen LogP contribution >= 0.6 is 0 Å². The van der Waals surface area contributed by atoms with Crippen molar-refractivity contribution in [1.82, 2.24) is 15.3 Å². The molecule has 20 heavy (non-hydrogen) atoms. The maximum absolute atomic E-state index is 11.9. The van der Waals surface area contributed by atoms with E-state index in [2.05, 4.69) is 27.5 Å². The van der Waals surface area contributed by atoms with Gasteiger partial charge in [0.25, 0.3) is 5.91 Å². The lowest BCUT2D eigenvalue weighted by molar-refractivity contribution is 0.0285. The van der Waals surface area contributed by atoms with E-state index in [0.29, 0.717) is 19.0 Å². The normalized spacial score (nSPS) is 11.9. The number of aromatic nitrogens is 2. The Bertz CT molecular complexity index is 397. The van der Waals surface area contributed by atoms with Crippen molar-refractivity contribution < 1.29 is 14.3 Å². The van der Waals surface area contributed by atoms with Gasteiger partial charge in [-0.05, 0) is 6.42 Å². The number of rotatable bonds is 9. The van der Waals surface area contributed by atoms with E-state index < -0.39 is 0 Å². The number of anilines is 1. The van der Waals surface area contributed by atoms with Gasteiger partial charge in [0.05, 0.1) is 25.1 Å². The maximum Gasteiger partial charge on any atom is 0.271 e. The molecule has 1 atom stereocenters. The van der Waals surface area contributed by atoms with Gasteiger partial charge in [0.15, 0.2) is 0 Å². The summed E-state index contributed by atoms with van der Waals surface area (Å²) >= 11 is 0. The second-order valence-corrected chi connectivity index (χ2v) is 4.24. The summed E-state index contributed by atoms with van der Waals surface area (Å²) in [4.78, 5) is 20.1. The molecule has 2 N–H and O–H groups in total. The molecule has 1 aromatic heterocycles. The Morgan fingerprint density at radius 3 is 2.70 bits per heavy atom. The van der Waals surface area contributed by atoms with Crippen LogP contribution in [-0.4, -0.2) is 55.9 Å². The van der Waals surface area contributed by atoms with Gasteiger partial charge in [-0.2, -0.15) is 0 Å². The molecule has 0 aliphatic heterocycles. The van der Waals surface area contributed by atoms with E-state index in [9.17, 15) is 4.79 Å². The van der Waals surface area contributed by atoms with Gasteiger partial charge in [-0.1, -0.05) is 6.92 Å². The molecule has 7 heteroatoms. The fourth-order valence-corrected chi connectivity index (χ4v) is 1.48. The van der Waals surface area contributed by atoms with Gasteiger partial charge in [0.1, 0.15) is 11.5 Å². The van der Waals surface area contributed by atoms with Crippen molar-refractivity contribution in [3.05, 3.63) is 18.1 Å². The largest absolute Gasteiger partial charge is 0.382 e. The van der Waals surface area contributed by atoms with Gasteiger partial charge < -0.3 is 20.1 Å². The van der Waals surface area contributed by atoms with Crippen molar-refractivity contribution in [3.8, 4) is 0 Å². The number of nitrogens with one attached hydrogen (secondary N) is 2. The zero-order valence-corrected chi connectivity index (χ0v) is 12.2. The number of hydrogen-bond donors (Lipinski definition) is 2. The number of nitrogens with zero attached hydrogens (tertiary/aromatic N) is 2. The Kier molecular flexibility index (Phi) is 7.52. The van der Waals surface area contributed by atoms with Crippen LogP contribution in [0.5, 0.6) is 0 Å². The molecule has 112 valence electrons. The van der Waals surface area contributed by atoms with Crippen LogP contribution in [0.2, 0.25) is 0 Å². The molecule has 0 aromatic carbocycles. The van der Waals surface area contributed by atoms with Crippen LogP contribution in [-0.2, 0) is 9.47 Å². The van der Waals surface area contributed by atoms with Crippen LogP contribution in [0, 0.1) is 0 Å². The van der Waals surface area contributed by atoms with Crippen molar-refractivity contribution in [3.63, 3.8) is 0 Å². The second kappa shape index (κ2) is 9.22. The molecule has 1 aromatic rings. The highest BCUT2D eigenvalue weighted by molar-refractivity contribution is 5.92. The summed E-state index contributed by atoms with van der Waals surface area (Å²) in [5.41, 5.74) is 0.277. The van der Waals surface area contributed by atoms with Crippen LogP contribution in [0.1, 0.15) is 23.8 Å². The Balaban J connectivity index is 2.46. The van der Waals surface area contributed by atoms with E-state index in [0.717, 1.165) is 13.0 Å². The summed E-state index contributed by atoms with van der Waals surface area (Å²) in [6, 6.07) is 0. The highest BCUT2D eigenvalue weighted by atomic mass is 16.5. The number of carbonyl (C=O) groups is 1. The van der Waals surface area contributed by atoms with E-state index >= 15 is 0 Å². The molecule has 0 bridgehead atoms. The lowest BCUT2D eigenvalue weighted by Crippen LogP contribution is -2.36. The summed E-state index contributed by atoms with van der Waals surface area (Å²) < 4.78 is 10.1. The molecule has 0 aliphatic carbocycles. The molecule has 0 spiro atoms. The lowest BCUT2D eigenvalue weighted by atomic mass is 10.3. The molecule has 1 heterocycles. The highest BCUT2D eigenvalue weighted by Crippen LogP contribution is 2.01. The van der Waals surface area contributed by atoms with Crippen LogP contribution in [0.25, 0.3) is 0 Å². The SMILES string of the molecule is CCCNc1cnc(C(=O)NCC(COC)OC)cn1. The zero-order valence-electron chi connectivity index (χ0n) is 12.2. The van der Waals surface area contributed by atoms with Crippen molar-refractivity contribution in [2.24, 2.45) is 0 Å². The first-order valence-electron chi connectivity index (χ1n) is 6.57. The van der Waals surface area contributed by atoms with E-state index in [1.54, 1.807) is 20.4 Å². The minimum absolute atomic E-state index is 0.178. The Hall–Kier alpha value is -1.73. The molecule has 7 nitrogen and oxygen atoms in total. The van der Waals surface area contributed by atoms with E-state index in [-0.39, 0.29) is 17.7 Å². The number of methoxy groups -OCH3 is 2. The third-order valence-electron chi connectivity index (χ3n) is 2.62. The first kappa shape index (κ1) is 16.3. The predicted molar refractivity (Wildman–Crippen MR) is 75.8 cm³/mol. The summed E-state index contributed by atoms with van der Waals surface area (Å²) in [5.74, 6) is 0.384. The smallest absolute Gasteiger partial charge is 0.271 e. The van der Waals surface area contributed by atoms with Crippen LogP contribution in [0.3, 0.4) is 0 Å². The predicted octanol–water partition coefficient (Wildman–Crippen LogP) is 0.690. The summed E-state index contributed by atoms with van der Waals surface area (Å²) in [6.45, 7) is 3.67. The van der Waals surface area contributed by atoms with E-state index in [1.165, 1.54) is 6.20 Å². The number of ether oxygens (including phenoxy) is 2. The third kappa shape index (κ3) is 5.50. The van der Waals surface area contributed by atoms with E-state index in [4.69, 9.17) is 9.47 Å². The molecule has 0 aliphatic rings. The highest BCUT2D eigenvalue weighted by Gasteiger charge is 2.12. The van der Waals surface area contributed by atoms with Crippen molar-refractivity contribution in [2.75, 3.05) is 39.2 Å². The van der Waals surface area contributed by atoms with Gasteiger partial charge in [-0.15, -0.1) is 0 Å². The number of hydrogen-bond acceptors (Lipinski definition) is 6. The summed E-state index contributed by atoms with van der Waals surface area (Å²) in [5, 5.41) is 5.83. The summed E-state index contributed by atoms with van der Waals surface area (Å²) in [7, 11) is 3.16. The standard InChI is InChI=1S/C13H22N4O3/c1-4-5-14-12-8-15-11(7-16-12)13(18)17-6-10(20-3)9-19-2/h7-8,10H,4-6,9H2,1-3H3,(H,14,16)(H,17,18). The minimum atomic E-state index is -0.280. The number of amides is 1. The van der Waals surface area contributed by atoms with Gasteiger partial charge >= 0.3 is 0 Å². The van der Waals surface area contributed by atoms with Gasteiger partial charge in [-0.3, -0.25) is 4.79 Å². The second-order valence-electron chi connectivity index (χ2n) is 4.24. The first-order valence-corrected chi connectivity index (χ1v) is 6.57. The molecule has 1 amide bonds. The zero-order chi connectivity index (χ0) is 14.8. The third-order valence-corrected chi connectivity index (χ3v) is 2.62. The molecule has 1 unspecified atom stereocenters. The molecule has 0 saturated carbocycles. The lowest BCUT2D eigenvalue weighted by Gasteiger charge is -2.14. The van der Waals surface area contributed by atoms with Crippen molar-refractivity contribution in [2.45, 2.75) is 19.4 Å². The first-order chi connectivity index (χ1) is 9.71.